The summed E-state index contributed by atoms with van der Waals surface area (Å²) in [7, 11) is 0. The molecule has 1 rings (SSSR count). The summed E-state index contributed by atoms with van der Waals surface area (Å²) in [4.78, 5) is 2.45. The smallest absolute Gasteiger partial charge is 0.0225 e. The summed E-state index contributed by atoms with van der Waals surface area (Å²) in [5.41, 5.74) is 8.09. The first-order chi connectivity index (χ1) is 9.26. The van der Waals surface area contributed by atoms with Crippen molar-refractivity contribution in [1.82, 2.24) is 15.8 Å². The molecule has 0 bridgehead atoms. The lowest BCUT2D eigenvalue weighted by Gasteiger charge is -2.19. The Morgan fingerprint density at radius 2 is 1.79 bits per heavy atom. The molecule has 0 aliphatic rings. The molecule has 19 heavy (non-hydrogen) atoms. The van der Waals surface area contributed by atoms with Crippen LogP contribution in [-0.4, -0.2) is 37.1 Å². The van der Waals surface area contributed by atoms with Gasteiger partial charge in [0.25, 0.3) is 0 Å². The Labute approximate surface area is 118 Å². The molecule has 1 aromatic carbocycles. The van der Waals surface area contributed by atoms with Crippen LogP contribution in [0, 0.1) is 0 Å². The molecule has 0 saturated carbocycles. The van der Waals surface area contributed by atoms with Crippen LogP contribution in [-0.2, 0) is 6.42 Å². The number of nitrogens with zero attached hydrogens (tertiary/aromatic N) is 1. The number of hydrazine groups is 1. The molecular weight excluding hydrogens is 234 g/mol. The van der Waals surface area contributed by atoms with Gasteiger partial charge in [0.05, 0.1) is 0 Å². The lowest BCUT2D eigenvalue weighted by Crippen LogP contribution is -2.41. The second kappa shape index (κ2) is 9.96. The SMILES string of the molecule is CCN(CC)CCCNN[C@@H](C)Cc1ccccc1. The number of hydrogen-bond acceptors (Lipinski definition) is 3. The third-order valence-electron chi connectivity index (χ3n) is 3.40. The van der Waals surface area contributed by atoms with Gasteiger partial charge in [-0.1, -0.05) is 44.2 Å². The normalized spacial score (nSPS) is 12.8. The maximum absolute atomic E-state index is 3.37. The van der Waals surface area contributed by atoms with E-state index in [9.17, 15) is 0 Å². The van der Waals surface area contributed by atoms with E-state index in [2.05, 4.69) is 66.9 Å². The summed E-state index contributed by atoms with van der Waals surface area (Å²) < 4.78 is 0. The average molecular weight is 263 g/mol. The monoisotopic (exact) mass is 263 g/mol. The van der Waals surface area contributed by atoms with Crippen LogP contribution in [0.5, 0.6) is 0 Å². The molecule has 0 aromatic heterocycles. The fraction of sp³-hybridized carbons (Fsp3) is 0.625. The Morgan fingerprint density at radius 1 is 1.11 bits per heavy atom. The molecule has 0 radical (unpaired) electrons. The summed E-state index contributed by atoms with van der Waals surface area (Å²) >= 11 is 0. The first-order valence-electron chi connectivity index (χ1n) is 7.50. The first-order valence-corrected chi connectivity index (χ1v) is 7.50. The third kappa shape index (κ3) is 7.31. The highest BCUT2D eigenvalue weighted by Gasteiger charge is 2.02. The van der Waals surface area contributed by atoms with Crippen LogP contribution in [0.4, 0.5) is 0 Å². The van der Waals surface area contributed by atoms with E-state index in [-0.39, 0.29) is 0 Å². The van der Waals surface area contributed by atoms with Crippen LogP contribution in [0.25, 0.3) is 0 Å². The maximum Gasteiger partial charge on any atom is 0.0225 e. The Hall–Kier alpha value is -0.900. The zero-order chi connectivity index (χ0) is 13.9. The van der Waals surface area contributed by atoms with Gasteiger partial charge in [-0.2, -0.15) is 0 Å². The highest BCUT2D eigenvalue weighted by molar-refractivity contribution is 5.15. The summed E-state index contributed by atoms with van der Waals surface area (Å²) in [6.45, 7) is 11.1. The summed E-state index contributed by atoms with van der Waals surface area (Å²) in [5.74, 6) is 0. The van der Waals surface area contributed by atoms with Crippen molar-refractivity contribution < 1.29 is 0 Å². The summed E-state index contributed by atoms with van der Waals surface area (Å²) in [5, 5.41) is 0. The molecular formula is C16H29N3. The lowest BCUT2D eigenvalue weighted by molar-refractivity contribution is 0.293. The van der Waals surface area contributed by atoms with Crippen LogP contribution in [0.2, 0.25) is 0 Å². The molecule has 1 aromatic rings. The van der Waals surface area contributed by atoms with Gasteiger partial charge in [0.1, 0.15) is 0 Å². The summed E-state index contributed by atoms with van der Waals surface area (Å²) in [6.07, 6.45) is 2.25. The van der Waals surface area contributed by atoms with Crippen molar-refractivity contribution in [3.05, 3.63) is 35.9 Å². The van der Waals surface area contributed by atoms with Crippen molar-refractivity contribution in [3.63, 3.8) is 0 Å². The van der Waals surface area contributed by atoms with Crippen molar-refractivity contribution in [2.45, 2.75) is 39.7 Å². The van der Waals surface area contributed by atoms with E-state index in [0.717, 1.165) is 26.1 Å². The van der Waals surface area contributed by atoms with Crippen molar-refractivity contribution in [2.24, 2.45) is 0 Å². The Morgan fingerprint density at radius 3 is 2.42 bits per heavy atom. The molecule has 0 saturated heterocycles. The fourth-order valence-electron chi connectivity index (χ4n) is 2.20. The number of benzene rings is 1. The standard InChI is InChI=1S/C16H29N3/c1-4-19(5-2)13-9-12-17-18-15(3)14-16-10-7-6-8-11-16/h6-8,10-11,15,17-18H,4-5,9,12-14H2,1-3H3/t15-/m0/s1. The quantitative estimate of drug-likeness (QED) is 0.501. The number of rotatable bonds is 10. The molecule has 3 nitrogen and oxygen atoms in total. The maximum atomic E-state index is 3.37. The molecule has 0 amide bonds. The predicted molar refractivity (Wildman–Crippen MR) is 83.2 cm³/mol. The van der Waals surface area contributed by atoms with Crippen LogP contribution in [0.1, 0.15) is 32.8 Å². The minimum atomic E-state index is 0.454. The van der Waals surface area contributed by atoms with Crippen LogP contribution in [0.15, 0.2) is 30.3 Å². The lowest BCUT2D eigenvalue weighted by atomic mass is 10.1. The number of nitrogens with one attached hydrogen (secondary N) is 2. The Kier molecular flexibility index (Phi) is 8.47. The molecule has 0 unspecified atom stereocenters. The van der Waals surface area contributed by atoms with E-state index >= 15 is 0 Å². The van der Waals surface area contributed by atoms with Gasteiger partial charge >= 0.3 is 0 Å². The molecule has 1 atom stereocenters. The van der Waals surface area contributed by atoms with Crippen LogP contribution in [0.3, 0.4) is 0 Å². The molecule has 2 N–H and O–H groups in total. The molecule has 0 spiro atoms. The van der Waals surface area contributed by atoms with Crippen molar-refractivity contribution in [3.8, 4) is 0 Å². The van der Waals surface area contributed by atoms with Gasteiger partial charge in [0, 0.05) is 12.6 Å². The Bertz CT molecular complexity index is 309. The molecule has 0 aliphatic carbocycles. The molecule has 0 fully saturated rings. The molecule has 0 aliphatic heterocycles. The van der Waals surface area contributed by atoms with Crippen LogP contribution < -0.4 is 10.9 Å². The molecule has 0 heterocycles. The van der Waals surface area contributed by atoms with Crippen molar-refractivity contribution in [2.75, 3.05) is 26.2 Å². The van der Waals surface area contributed by atoms with Crippen molar-refractivity contribution in [1.29, 1.82) is 0 Å². The minimum absolute atomic E-state index is 0.454. The van der Waals surface area contributed by atoms with Gasteiger partial charge in [0.2, 0.25) is 0 Å². The van der Waals surface area contributed by atoms with E-state index < -0.39 is 0 Å². The third-order valence-corrected chi connectivity index (χ3v) is 3.40. The molecule has 108 valence electrons. The van der Waals surface area contributed by atoms with E-state index in [1.54, 1.807) is 0 Å². The largest absolute Gasteiger partial charge is 0.304 e. The minimum Gasteiger partial charge on any atom is -0.304 e. The van der Waals surface area contributed by atoms with E-state index in [1.807, 2.05) is 0 Å². The fourth-order valence-corrected chi connectivity index (χ4v) is 2.20. The first kappa shape index (κ1) is 16.2. The van der Waals surface area contributed by atoms with Gasteiger partial charge in [-0.15, -0.1) is 0 Å². The predicted octanol–water partition coefficient (Wildman–Crippen LogP) is 2.44. The number of hydrogen-bond donors (Lipinski definition) is 2. The van der Waals surface area contributed by atoms with Gasteiger partial charge in [0.15, 0.2) is 0 Å². The highest BCUT2D eigenvalue weighted by Crippen LogP contribution is 2.01. The summed E-state index contributed by atoms with van der Waals surface area (Å²) in [6, 6.07) is 11.1. The second-order valence-corrected chi connectivity index (χ2v) is 5.04. The highest BCUT2D eigenvalue weighted by atomic mass is 15.4. The van der Waals surface area contributed by atoms with Gasteiger partial charge in [-0.05, 0) is 45.0 Å². The Balaban J connectivity index is 2.06. The van der Waals surface area contributed by atoms with E-state index in [0.29, 0.717) is 6.04 Å². The van der Waals surface area contributed by atoms with E-state index in [4.69, 9.17) is 0 Å². The van der Waals surface area contributed by atoms with Crippen molar-refractivity contribution >= 4 is 0 Å². The second-order valence-electron chi connectivity index (χ2n) is 5.04. The zero-order valence-electron chi connectivity index (χ0n) is 12.7. The average Bonchev–Trinajstić information content (AvgIpc) is 2.44. The van der Waals surface area contributed by atoms with E-state index in [1.165, 1.54) is 18.5 Å². The zero-order valence-corrected chi connectivity index (χ0v) is 12.7. The topological polar surface area (TPSA) is 27.3 Å². The molecule has 3 heteroatoms. The van der Waals surface area contributed by atoms with Gasteiger partial charge in [-0.25, -0.2) is 0 Å². The van der Waals surface area contributed by atoms with Gasteiger partial charge in [-0.3, -0.25) is 10.9 Å². The van der Waals surface area contributed by atoms with Crippen LogP contribution >= 0.6 is 0 Å². The van der Waals surface area contributed by atoms with Gasteiger partial charge < -0.3 is 4.90 Å².